The minimum atomic E-state index is 0.0214. The number of furan rings is 1. The van der Waals surface area contributed by atoms with Crippen LogP contribution in [0.25, 0.3) is 0 Å². The summed E-state index contributed by atoms with van der Waals surface area (Å²) in [7, 11) is 3.77. The number of hydrogen-bond acceptors (Lipinski definition) is 4. The number of hydrogen-bond donors (Lipinski definition) is 1. The van der Waals surface area contributed by atoms with Gasteiger partial charge in [-0.1, -0.05) is 5.21 Å². The molecule has 0 aliphatic heterocycles. The summed E-state index contributed by atoms with van der Waals surface area (Å²) in [5, 5.41) is 11.2. The maximum absolute atomic E-state index is 5.32. The molecule has 2 aromatic rings. The maximum Gasteiger partial charge on any atom is 0.153 e. The lowest BCUT2D eigenvalue weighted by Gasteiger charge is -2.15. The fraction of sp³-hybridized carbons (Fsp3) is 0.400. The first-order valence-electron chi connectivity index (χ1n) is 4.91. The molecule has 0 spiro atoms. The maximum atomic E-state index is 5.32. The zero-order valence-corrected chi connectivity index (χ0v) is 10.9. The molecule has 6 heteroatoms. The molecule has 1 N–H and O–H groups in total. The lowest BCUT2D eigenvalue weighted by atomic mass is 10.1. The number of nitrogens with zero attached hydrogens (tertiary/aromatic N) is 3. The molecule has 0 aliphatic rings. The molecule has 0 bridgehead atoms. The van der Waals surface area contributed by atoms with Gasteiger partial charge in [-0.2, -0.15) is 0 Å². The Morgan fingerprint density at radius 2 is 2.31 bits per heavy atom. The second-order valence-electron chi connectivity index (χ2n) is 3.54. The van der Waals surface area contributed by atoms with Crippen LogP contribution in [0.3, 0.4) is 0 Å². The molecule has 0 saturated carbocycles. The van der Waals surface area contributed by atoms with Crippen molar-refractivity contribution >= 4 is 15.9 Å². The summed E-state index contributed by atoms with van der Waals surface area (Å²) < 4.78 is 7.81. The third kappa shape index (κ3) is 1.78. The second-order valence-corrected chi connectivity index (χ2v) is 4.29. The third-order valence-corrected chi connectivity index (χ3v) is 3.16. The van der Waals surface area contributed by atoms with Crippen molar-refractivity contribution in [2.75, 3.05) is 7.05 Å². The molecule has 0 amide bonds. The van der Waals surface area contributed by atoms with Crippen LogP contribution in [0.1, 0.15) is 23.1 Å². The first kappa shape index (κ1) is 11.3. The largest absolute Gasteiger partial charge is 0.469 e. The van der Waals surface area contributed by atoms with Crippen LogP contribution in [0.5, 0.6) is 0 Å². The van der Waals surface area contributed by atoms with Crippen molar-refractivity contribution in [1.82, 2.24) is 20.3 Å². The van der Waals surface area contributed by atoms with Gasteiger partial charge >= 0.3 is 0 Å². The molecule has 0 radical (unpaired) electrons. The van der Waals surface area contributed by atoms with Gasteiger partial charge in [-0.25, -0.2) is 4.68 Å². The van der Waals surface area contributed by atoms with Gasteiger partial charge in [0.05, 0.1) is 18.0 Å². The minimum absolute atomic E-state index is 0.0214. The molecule has 0 saturated heterocycles. The number of aromatic nitrogens is 3. The Balaban J connectivity index is 2.49. The molecular weight excluding hydrogens is 272 g/mol. The summed E-state index contributed by atoms with van der Waals surface area (Å²) in [6.45, 7) is 1.94. The van der Waals surface area contributed by atoms with Gasteiger partial charge in [0.15, 0.2) is 4.60 Å². The first-order valence-corrected chi connectivity index (χ1v) is 5.70. The van der Waals surface area contributed by atoms with E-state index in [1.807, 2.05) is 27.1 Å². The minimum Gasteiger partial charge on any atom is -0.469 e. The van der Waals surface area contributed by atoms with Crippen molar-refractivity contribution in [2.24, 2.45) is 7.05 Å². The molecule has 2 rings (SSSR count). The Labute approximate surface area is 102 Å². The fourth-order valence-corrected chi connectivity index (χ4v) is 2.34. The highest BCUT2D eigenvalue weighted by Crippen LogP contribution is 2.28. The number of aryl methyl sites for hydroxylation is 2. The highest BCUT2D eigenvalue weighted by atomic mass is 79.9. The van der Waals surface area contributed by atoms with Gasteiger partial charge in [0, 0.05) is 12.6 Å². The molecule has 86 valence electrons. The van der Waals surface area contributed by atoms with Crippen LogP contribution in [-0.2, 0) is 7.05 Å². The summed E-state index contributed by atoms with van der Waals surface area (Å²) in [6.07, 6.45) is 1.69. The lowest BCUT2D eigenvalue weighted by molar-refractivity contribution is 0.518. The summed E-state index contributed by atoms with van der Waals surface area (Å²) in [6, 6.07) is 1.98. The van der Waals surface area contributed by atoms with Crippen LogP contribution in [0, 0.1) is 6.92 Å². The van der Waals surface area contributed by atoms with Crippen molar-refractivity contribution in [3.05, 3.63) is 34.0 Å². The fourth-order valence-electron chi connectivity index (χ4n) is 1.78. The highest BCUT2D eigenvalue weighted by molar-refractivity contribution is 9.10. The molecule has 16 heavy (non-hydrogen) atoms. The van der Waals surface area contributed by atoms with E-state index in [9.17, 15) is 0 Å². The first-order chi connectivity index (χ1) is 7.65. The molecular formula is C10H13BrN4O. The normalized spacial score (nSPS) is 13.0. The van der Waals surface area contributed by atoms with Crippen LogP contribution >= 0.6 is 15.9 Å². The van der Waals surface area contributed by atoms with Crippen LogP contribution in [-0.4, -0.2) is 22.0 Å². The van der Waals surface area contributed by atoms with E-state index in [1.165, 1.54) is 0 Å². The van der Waals surface area contributed by atoms with Gasteiger partial charge in [0.1, 0.15) is 5.76 Å². The molecule has 1 unspecified atom stereocenters. The zero-order valence-electron chi connectivity index (χ0n) is 9.36. The van der Waals surface area contributed by atoms with Gasteiger partial charge in [0.25, 0.3) is 0 Å². The van der Waals surface area contributed by atoms with Crippen molar-refractivity contribution in [1.29, 1.82) is 0 Å². The van der Waals surface area contributed by atoms with E-state index in [0.717, 1.165) is 21.6 Å². The number of nitrogens with one attached hydrogen (secondary N) is 1. The third-order valence-electron chi connectivity index (χ3n) is 2.60. The summed E-state index contributed by atoms with van der Waals surface area (Å²) in [4.78, 5) is 0. The van der Waals surface area contributed by atoms with Gasteiger partial charge in [-0.05, 0) is 36.0 Å². The van der Waals surface area contributed by atoms with Crippen molar-refractivity contribution in [3.8, 4) is 0 Å². The van der Waals surface area contributed by atoms with Crippen LogP contribution < -0.4 is 5.32 Å². The molecule has 0 aliphatic carbocycles. The van der Waals surface area contributed by atoms with Crippen LogP contribution in [0.2, 0.25) is 0 Å². The van der Waals surface area contributed by atoms with E-state index in [1.54, 1.807) is 10.9 Å². The number of halogens is 1. The predicted octanol–water partition coefficient (Wildman–Crippen LogP) is 1.79. The molecule has 5 nitrogen and oxygen atoms in total. The lowest BCUT2D eigenvalue weighted by Crippen LogP contribution is -2.21. The zero-order chi connectivity index (χ0) is 11.7. The summed E-state index contributed by atoms with van der Waals surface area (Å²) in [5.41, 5.74) is 2.07. The van der Waals surface area contributed by atoms with E-state index < -0.39 is 0 Å². The molecule has 2 aromatic heterocycles. The van der Waals surface area contributed by atoms with Crippen molar-refractivity contribution in [2.45, 2.75) is 13.0 Å². The smallest absolute Gasteiger partial charge is 0.153 e. The van der Waals surface area contributed by atoms with E-state index in [0.29, 0.717) is 0 Å². The number of rotatable bonds is 3. The standard InChI is InChI=1S/C10H13BrN4O/c1-6-7(4-5-16-6)8(12-2)9-10(11)13-14-15(9)3/h4-5,8,12H,1-3H3. The molecule has 1 atom stereocenters. The Morgan fingerprint density at radius 3 is 2.75 bits per heavy atom. The SMILES string of the molecule is CNC(c1ccoc1C)c1c(Br)nnn1C. The molecule has 2 heterocycles. The van der Waals surface area contributed by atoms with E-state index in [-0.39, 0.29) is 6.04 Å². The molecule has 0 fully saturated rings. The van der Waals surface area contributed by atoms with Crippen LogP contribution in [0.15, 0.2) is 21.3 Å². The van der Waals surface area contributed by atoms with Gasteiger partial charge in [-0.15, -0.1) is 5.10 Å². The Morgan fingerprint density at radius 1 is 1.56 bits per heavy atom. The summed E-state index contributed by atoms with van der Waals surface area (Å²) >= 11 is 3.40. The topological polar surface area (TPSA) is 55.9 Å². The highest BCUT2D eigenvalue weighted by Gasteiger charge is 2.22. The van der Waals surface area contributed by atoms with E-state index in [2.05, 4.69) is 31.6 Å². The van der Waals surface area contributed by atoms with Gasteiger partial charge in [-0.3, -0.25) is 0 Å². The van der Waals surface area contributed by atoms with Crippen LogP contribution in [0.4, 0.5) is 0 Å². The Bertz CT molecular complexity index is 471. The van der Waals surface area contributed by atoms with Gasteiger partial charge in [0.2, 0.25) is 0 Å². The Kier molecular flexibility index (Phi) is 3.11. The average Bonchev–Trinajstić information content (AvgIpc) is 2.80. The van der Waals surface area contributed by atoms with E-state index >= 15 is 0 Å². The summed E-state index contributed by atoms with van der Waals surface area (Å²) in [5.74, 6) is 0.896. The Hall–Kier alpha value is -1.14. The average molecular weight is 285 g/mol. The van der Waals surface area contributed by atoms with Gasteiger partial charge < -0.3 is 9.73 Å². The van der Waals surface area contributed by atoms with Crippen molar-refractivity contribution < 1.29 is 4.42 Å². The quantitative estimate of drug-likeness (QED) is 0.934. The molecule has 0 aromatic carbocycles. The predicted molar refractivity (Wildman–Crippen MR) is 63.1 cm³/mol. The van der Waals surface area contributed by atoms with E-state index in [4.69, 9.17) is 4.42 Å². The monoisotopic (exact) mass is 284 g/mol. The second kappa shape index (κ2) is 4.39. The van der Waals surface area contributed by atoms with Crippen molar-refractivity contribution in [3.63, 3.8) is 0 Å².